The Morgan fingerprint density at radius 3 is 2.23 bits per heavy atom. The number of anilines is 2. The number of amides is 2. The van der Waals surface area contributed by atoms with Crippen molar-refractivity contribution in [2.24, 2.45) is 0 Å². The lowest BCUT2D eigenvalue weighted by Gasteiger charge is -2.08. The van der Waals surface area contributed by atoms with Crippen molar-refractivity contribution < 1.29 is 9.59 Å². The van der Waals surface area contributed by atoms with Gasteiger partial charge in [0.2, 0.25) is 5.91 Å². The lowest BCUT2D eigenvalue weighted by molar-refractivity contribution is -0.115. The lowest BCUT2D eigenvalue weighted by Crippen LogP contribution is -2.15. The lowest BCUT2D eigenvalue weighted by atomic mass is 10.1. The molecule has 2 N–H and O–H groups in total. The Balaban J connectivity index is 1.58. The molecule has 0 aliphatic carbocycles. The summed E-state index contributed by atoms with van der Waals surface area (Å²) in [5.41, 5.74) is 2.51. The molecule has 6 heteroatoms. The number of carbonyl (C=O) groups excluding carboxylic acids is 2. The Morgan fingerprint density at radius 1 is 0.885 bits per heavy atom. The summed E-state index contributed by atoms with van der Waals surface area (Å²) in [6, 6.07) is 17.5. The van der Waals surface area contributed by atoms with Crippen molar-refractivity contribution >= 4 is 34.8 Å². The summed E-state index contributed by atoms with van der Waals surface area (Å²) in [4.78, 5) is 28.1. The first-order valence-electron chi connectivity index (χ1n) is 7.96. The summed E-state index contributed by atoms with van der Waals surface area (Å²) < 4.78 is 0. The standard InChI is InChI=1S/C20H16ClN3O2/c21-18-6-2-1-4-14(18)12-19(25)23-16-7-9-17(10-8-16)24-20(26)15-5-3-11-22-13-15/h1-11,13H,12H2,(H,23,25)(H,24,26). The van der Waals surface area contributed by atoms with Crippen molar-refractivity contribution in [3.8, 4) is 0 Å². The smallest absolute Gasteiger partial charge is 0.257 e. The van der Waals surface area contributed by atoms with E-state index in [0.717, 1.165) is 5.56 Å². The number of rotatable bonds is 5. The van der Waals surface area contributed by atoms with Gasteiger partial charge in [0.05, 0.1) is 12.0 Å². The molecule has 2 amide bonds. The van der Waals surface area contributed by atoms with Crippen LogP contribution in [0, 0.1) is 0 Å². The van der Waals surface area contributed by atoms with Crippen molar-refractivity contribution in [2.45, 2.75) is 6.42 Å². The van der Waals surface area contributed by atoms with Gasteiger partial charge in [-0.05, 0) is 48.0 Å². The fourth-order valence-electron chi connectivity index (χ4n) is 2.36. The Morgan fingerprint density at radius 2 is 1.58 bits per heavy atom. The maximum Gasteiger partial charge on any atom is 0.257 e. The molecule has 0 spiro atoms. The zero-order valence-electron chi connectivity index (χ0n) is 13.8. The van der Waals surface area contributed by atoms with Crippen molar-refractivity contribution in [1.82, 2.24) is 4.98 Å². The second-order valence-corrected chi connectivity index (χ2v) is 6.00. The number of pyridine rings is 1. The van der Waals surface area contributed by atoms with Crippen molar-refractivity contribution in [3.63, 3.8) is 0 Å². The quantitative estimate of drug-likeness (QED) is 0.712. The van der Waals surface area contributed by atoms with Crippen LogP contribution in [0.3, 0.4) is 0 Å². The van der Waals surface area contributed by atoms with E-state index in [1.54, 1.807) is 48.7 Å². The monoisotopic (exact) mass is 365 g/mol. The Bertz CT molecular complexity index is 912. The first-order valence-corrected chi connectivity index (χ1v) is 8.34. The van der Waals surface area contributed by atoms with Crippen LogP contribution in [-0.4, -0.2) is 16.8 Å². The second kappa shape index (κ2) is 8.27. The van der Waals surface area contributed by atoms with Crippen LogP contribution in [0.15, 0.2) is 73.1 Å². The average Bonchev–Trinajstić information content (AvgIpc) is 2.66. The van der Waals surface area contributed by atoms with E-state index < -0.39 is 0 Å². The number of nitrogens with zero attached hydrogens (tertiary/aromatic N) is 1. The molecule has 3 aromatic rings. The molecule has 0 fully saturated rings. The summed E-state index contributed by atoms with van der Waals surface area (Å²) in [7, 11) is 0. The largest absolute Gasteiger partial charge is 0.326 e. The van der Waals surface area contributed by atoms with Crippen LogP contribution in [0.25, 0.3) is 0 Å². The number of benzene rings is 2. The number of nitrogens with one attached hydrogen (secondary N) is 2. The number of halogens is 1. The van der Waals surface area contributed by atoms with E-state index in [0.29, 0.717) is 22.0 Å². The van der Waals surface area contributed by atoms with Gasteiger partial charge in [0.1, 0.15) is 0 Å². The minimum atomic E-state index is -0.242. The predicted molar refractivity (Wildman–Crippen MR) is 102 cm³/mol. The normalized spacial score (nSPS) is 10.2. The van der Waals surface area contributed by atoms with Crippen LogP contribution in [0.4, 0.5) is 11.4 Å². The number of carbonyl (C=O) groups is 2. The molecule has 0 saturated carbocycles. The van der Waals surface area contributed by atoms with E-state index in [2.05, 4.69) is 15.6 Å². The molecule has 0 unspecified atom stereocenters. The fourth-order valence-corrected chi connectivity index (χ4v) is 2.56. The van der Waals surface area contributed by atoms with Gasteiger partial charge in [-0.1, -0.05) is 29.8 Å². The minimum absolute atomic E-state index is 0.162. The minimum Gasteiger partial charge on any atom is -0.326 e. The van der Waals surface area contributed by atoms with E-state index in [-0.39, 0.29) is 18.2 Å². The Kier molecular flexibility index (Phi) is 5.61. The van der Waals surface area contributed by atoms with Crippen molar-refractivity contribution in [1.29, 1.82) is 0 Å². The molecule has 2 aromatic carbocycles. The highest BCUT2D eigenvalue weighted by atomic mass is 35.5. The number of hydrogen-bond donors (Lipinski definition) is 2. The molecule has 0 bridgehead atoms. The molecular weight excluding hydrogens is 350 g/mol. The molecule has 5 nitrogen and oxygen atoms in total. The summed E-state index contributed by atoms with van der Waals surface area (Å²) in [5, 5.41) is 6.15. The van der Waals surface area contributed by atoms with E-state index in [1.165, 1.54) is 6.20 Å². The van der Waals surface area contributed by atoms with Gasteiger partial charge in [0.25, 0.3) is 5.91 Å². The van der Waals surface area contributed by atoms with Crippen LogP contribution in [-0.2, 0) is 11.2 Å². The third-order valence-electron chi connectivity index (χ3n) is 3.66. The molecule has 3 rings (SSSR count). The van der Waals surface area contributed by atoms with Gasteiger partial charge < -0.3 is 10.6 Å². The van der Waals surface area contributed by atoms with Gasteiger partial charge in [0, 0.05) is 28.8 Å². The Labute approximate surface area is 156 Å². The first kappa shape index (κ1) is 17.6. The number of aromatic nitrogens is 1. The average molecular weight is 366 g/mol. The third kappa shape index (κ3) is 4.68. The van der Waals surface area contributed by atoms with E-state index in [4.69, 9.17) is 11.6 Å². The van der Waals surface area contributed by atoms with Gasteiger partial charge in [-0.2, -0.15) is 0 Å². The van der Waals surface area contributed by atoms with Crippen LogP contribution in [0.1, 0.15) is 15.9 Å². The highest BCUT2D eigenvalue weighted by molar-refractivity contribution is 6.31. The van der Waals surface area contributed by atoms with E-state index >= 15 is 0 Å². The van der Waals surface area contributed by atoms with Crippen LogP contribution < -0.4 is 10.6 Å². The number of hydrogen-bond acceptors (Lipinski definition) is 3. The summed E-state index contributed by atoms with van der Waals surface area (Å²) >= 11 is 6.07. The van der Waals surface area contributed by atoms with Gasteiger partial charge >= 0.3 is 0 Å². The topological polar surface area (TPSA) is 71.1 Å². The third-order valence-corrected chi connectivity index (χ3v) is 4.03. The van der Waals surface area contributed by atoms with Gasteiger partial charge in [-0.3, -0.25) is 14.6 Å². The van der Waals surface area contributed by atoms with Gasteiger partial charge in [-0.15, -0.1) is 0 Å². The van der Waals surface area contributed by atoms with Gasteiger partial charge in [0.15, 0.2) is 0 Å². The highest BCUT2D eigenvalue weighted by Crippen LogP contribution is 2.18. The molecular formula is C20H16ClN3O2. The molecule has 0 radical (unpaired) electrons. The molecule has 130 valence electrons. The molecule has 0 aliphatic rings. The maximum atomic E-state index is 12.1. The molecule has 0 atom stereocenters. The molecule has 0 saturated heterocycles. The van der Waals surface area contributed by atoms with Crippen LogP contribution >= 0.6 is 11.6 Å². The fraction of sp³-hybridized carbons (Fsp3) is 0.0500. The SMILES string of the molecule is O=C(Cc1ccccc1Cl)Nc1ccc(NC(=O)c2cccnc2)cc1. The molecule has 26 heavy (non-hydrogen) atoms. The highest BCUT2D eigenvalue weighted by Gasteiger charge is 2.08. The predicted octanol–water partition coefficient (Wildman–Crippen LogP) is 4.17. The molecule has 1 heterocycles. The second-order valence-electron chi connectivity index (χ2n) is 5.59. The van der Waals surface area contributed by atoms with E-state index in [9.17, 15) is 9.59 Å². The van der Waals surface area contributed by atoms with Crippen molar-refractivity contribution in [3.05, 3.63) is 89.2 Å². The first-order chi connectivity index (χ1) is 12.6. The zero-order valence-corrected chi connectivity index (χ0v) is 14.5. The Hall–Kier alpha value is -3.18. The zero-order chi connectivity index (χ0) is 18.4. The van der Waals surface area contributed by atoms with E-state index in [1.807, 2.05) is 18.2 Å². The molecule has 0 aliphatic heterocycles. The van der Waals surface area contributed by atoms with Crippen molar-refractivity contribution in [2.75, 3.05) is 10.6 Å². The molecule has 1 aromatic heterocycles. The summed E-state index contributed by atoms with van der Waals surface area (Å²) in [5.74, 6) is -0.404. The summed E-state index contributed by atoms with van der Waals surface area (Å²) in [6.07, 6.45) is 3.30. The van der Waals surface area contributed by atoms with Gasteiger partial charge in [-0.25, -0.2) is 0 Å². The summed E-state index contributed by atoms with van der Waals surface area (Å²) in [6.45, 7) is 0. The van der Waals surface area contributed by atoms with Crippen LogP contribution in [0.5, 0.6) is 0 Å². The maximum absolute atomic E-state index is 12.1. The van der Waals surface area contributed by atoms with Crippen LogP contribution in [0.2, 0.25) is 5.02 Å².